The fourth-order valence-corrected chi connectivity index (χ4v) is 6.20. The van der Waals surface area contributed by atoms with E-state index in [1.807, 2.05) is 13.8 Å². The fourth-order valence-electron chi connectivity index (χ4n) is 4.56. The number of β-lactam (4-membered cyclic amide) rings is 1. The van der Waals surface area contributed by atoms with Crippen LogP contribution in [0.5, 0.6) is 5.75 Å². The lowest BCUT2D eigenvalue weighted by atomic mass is 9.94. The van der Waals surface area contributed by atoms with Gasteiger partial charge in [-0.3, -0.25) is 24.5 Å². The van der Waals surface area contributed by atoms with Crippen LogP contribution in [-0.4, -0.2) is 64.4 Å². The molecule has 2 aliphatic heterocycles. The summed E-state index contributed by atoms with van der Waals surface area (Å²) in [5.74, 6) is -2.76. The van der Waals surface area contributed by atoms with E-state index in [1.54, 1.807) is 35.2 Å². The maximum atomic E-state index is 13.4. The minimum Gasteiger partial charge on any atom is -0.426 e. The Morgan fingerprint density at radius 3 is 2.51 bits per heavy atom. The number of carbonyl (C=O) groups excluding carboxylic acids is 3. The fraction of sp³-hybridized carbons (Fsp3) is 0.304. The molecule has 2 fully saturated rings. The first kappa shape index (κ1) is 24.4. The highest BCUT2D eigenvalue weighted by Crippen LogP contribution is 2.56. The van der Waals surface area contributed by atoms with E-state index in [1.165, 1.54) is 36.0 Å². The number of thioether (sulfide) groups is 1. The van der Waals surface area contributed by atoms with Gasteiger partial charge >= 0.3 is 5.97 Å². The van der Waals surface area contributed by atoms with Crippen molar-refractivity contribution in [3.8, 4) is 5.75 Å². The van der Waals surface area contributed by atoms with E-state index in [9.17, 15) is 24.5 Å². The summed E-state index contributed by atoms with van der Waals surface area (Å²) in [5, 5.41) is 27.1. The predicted octanol–water partition coefficient (Wildman–Crippen LogP) is 1.72. The third-order valence-electron chi connectivity index (χ3n) is 6.26. The van der Waals surface area contributed by atoms with Crippen LogP contribution >= 0.6 is 11.8 Å². The summed E-state index contributed by atoms with van der Waals surface area (Å²) in [6, 6.07) is 12.0. The molecule has 2 N–H and O–H groups in total. The molecule has 1 aromatic heterocycles. The van der Waals surface area contributed by atoms with Crippen molar-refractivity contribution in [2.75, 3.05) is 0 Å². The summed E-state index contributed by atoms with van der Waals surface area (Å²) in [4.78, 5) is 51.6. The number of non-ortho nitro benzene ring substituents is 1. The first-order chi connectivity index (χ1) is 17.7. The van der Waals surface area contributed by atoms with Crippen LogP contribution in [0.25, 0.3) is 0 Å². The number of carbonyl (C=O) groups is 3. The first-order valence-corrected chi connectivity index (χ1v) is 12.1. The van der Waals surface area contributed by atoms with Gasteiger partial charge in [0.1, 0.15) is 23.2 Å². The summed E-state index contributed by atoms with van der Waals surface area (Å²) in [5.41, 5.74) is 0.210. The lowest BCUT2D eigenvalue weighted by Crippen LogP contribution is -2.68. The maximum Gasteiger partial charge on any atom is 0.328 e. The Kier molecular flexibility index (Phi) is 6.11. The quantitative estimate of drug-likeness (QED) is 0.116. The Hall–Kier alpha value is -4.33. The third kappa shape index (κ3) is 4.39. The summed E-state index contributed by atoms with van der Waals surface area (Å²) in [6.07, 6.45) is 0. The van der Waals surface area contributed by atoms with Gasteiger partial charge in [0.25, 0.3) is 5.69 Å². The van der Waals surface area contributed by atoms with Crippen LogP contribution in [0.15, 0.2) is 54.6 Å². The number of nitrogens with one attached hydrogen (secondary N) is 2. The van der Waals surface area contributed by atoms with E-state index in [-0.39, 0.29) is 22.7 Å². The van der Waals surface area contributed by atoms with Crippen LogP contribution in [0.2, 0.25) is 0 Å². The minimum atomic E-state index is -1.37. The number of esters is 1. The molecular formula is C23H21N7O6S. The Labute approximate surface area is 214 Å². The lowest BCUT2D eigenvalue weighted by molar-refractivity contribution is -0.384. The highest BCUT2D eigenvalue weighted by Gasteiger charge is 2.63. The van der Waals surface area contributed by atoms with Crippen LogP contribution in [0, 0.1) is 10.1 Å². The van der Waals surface area contributed by atoms with Gasteiger partial charge in [0.05, 0.1) is 4.92 Å². The number of hydrogen-bond donors (Lipinski definition) is 2. The number of H-pyrrole nitrogens is 1. The number of tetrazole rings is 1. The Morgan fingerprint density at radius 1 is 1.19 bits per heavy atom. The Morgan fingerprint density at radius 2 is 1.89 bits per heavy atom. The second-order valence-corrected chi connectivity index (χ2v) is 10.8. The largest absolute Gasteiger partial charge is 0.426 e. The van der Waals surface area contributed by atoms with Crippen molar-refractivity contribution >= 4 is 35.2 Å². The molecule has 3 unspecified atom stereocenters. The van der Waals surface area contributed by atoms with Gasteiger partial charge in [-0.15, -0.1) is 16.9 Å². The zero-order valence-electron chi connectivity index (χ0n) is 19.6. The van der Waals surface area contributed by atoms with Crippen molar-refractivity contribution in [2.45, 2.75) is 42.0 Å². The molecule has 2 aliphatic rings. The molecule has 0 spiro atoms. The topological polar surface area (TPSA) is 173 Å². The van der Waals surface area contributed by atoms with Gasteiger partial charge in [0.15, 0.2) is 11.7 Å². The number of fused-ring (bicyclic) bond motifs is 1. The van der Waals surface area contributed by atoms with Crippen molar-refractivity contribution in [3.05, 3.63) is 76.1 Å². The molecular weight excluding hydrogens is 502 g/mol. The highest BCUT2D eigenvalue weighted by atomic mass is 32.2. The van der Waals surface area contributed by atoms with E-state index in [2.05, 4.69) is 25.9 Å². The van der Waals surface area contributed by atoms with Gasteiger partial charge in [0.2, 0.25) is 11.8 Å². The number of hydrogen-bond acceptors (Lipinski definition) is 10. The average Bonchev–Trinajstić information content (AvgIpc) is 3.48. The molecule has 0 bridgehead atoms. The van der Waals surface area contributed by atoms with Crippen molar-refractivity contribution < 1.29 is 24.0 Å². The Balaban J connectivity index is 1.35. The first-order valence-electron chi connectivity index (χ1n) is 11.2. The standard InChI is InChI=1S/C23H21N7O6S/c1-23(2)17(18-25-27-28-26-18)29-20(32)16(21(29)37-23)24-19(31)15(12-6-4-3-5-7-12)22(33)36-14-10-8-13(9-11-14)30(34)35/h3-11,15-17,21H,1-2H3,(H,24,31)(H,25,26,27,28)/t15?,16?,17?,21-/m1/s1. The zero-order chi connectivity index (χ0) is 26.3. The molecule has 2 amide bonds. The SMILES string of the molecule is CC1(C)S[C@@H]2C(NC(=O)C(C(=O)Oc3ccc([N+](=O)[O-])cc3)c3ccccc3)C(=O)N2C1c1nnn[nH]1. The molecule has 37 heavy (non-hydrogen) atoms. The second-order valence-electron chi connectivity index (χ2n) is 9.05. The smallest absolute Gasteiger partial charge is 0.328 e. The molecule has 0 saturated carbocycles. The monoisotopic (exact) mass is 523 g/mol. The average molecular weight is 524 g/mol. The number of aromatic amines is 1. The number of amides is 2. The normalized spacial score (nSPS) is 22.5. The molecule has 2 aromatic carbocycles. The molecule has 4 atom stereocenters. The highest BCUT2D eigenvalue weighted by molar-refractivity contribution is 8.01. The van der Waals surface area contributed by atoms with Crippen molar-refractivity contribution in [3.63, 3.8) is 0 Å². The molecule has 3 aromatic rings. The van der Waals surface area contributed by atoms with E-state index in [4.69, 9.17) is 4.74 Å². The molecule has 0 radical (unpaired) electrons. The molecule has 3 heterocycles. The maximum absolute atomic E-state index is 13.4. The van der Waals surface area contributed by atoms with Gasteiger partial charge in [-0.25, -0.2) is 5.10 Å². The Bertz CT molecular complexity index is 1350. The van der Waals surface area contributed by atoms with E-state index >= 15 is 0 Å². The van der Waals surface area contributed by atoms with Gasteiger partial charge in [-0.05, 0) is 42.0 Å². The van der Waals surface area contributed by atoms with Crippen LogP contribution in [0.3, 0.4) is 0 Å². The van der Waals surface area contributed by atoms with Crippen LogP contribution in [-0.2, 0) is 14.4 Å². The van der Waals surface area contributed by atoms with Crippen molar-refractivity contribution in [1.29, 1.82) is 0 Å². The van der Waals surface area contributed by atoms with E-state index < -0.39 is 39.5 Å². The number of aromatic nitrogens is 4. The number of ether oxygens (including phenoxy) is 1. The van der Waals surface area contributed by atoms with Crippen molar-refractivity contribution in [1.82, 2.24) is 30.8 Å². The molecule has 2 saturated heterocycles. The van der Waals surface area contributed by atoms with Crippen LogP contribution in [0.1, 0.15) is 37.2 Å². The third-order valence-corrected chi connectivity index (χ3v) is 7.83. The zero-order valence-corrected chi connectivity index (χ0v) is 20.4. The molecule has 14 heteroatoms. The lowest BCUT2D eigenvalue weighted by Gasteiger charge is -2.44. The van der Waals surface area contributed by atoms with Gasteiger partial charge in [-0.2, -0.15) is 0 Å². The number of nitro benzene ring substituents is 1. The molecule has 13 nitrogen and oxygen atoms in total. The number of rotatable bonds is 7. The number of nitro groups is 1. The number of benzene rings is 2. The summed E-state index contributed by atoms with van der Waals surface area (Å²) >= 11 is 1.50. The number of nitrogens with zero attached hydrogens (tertiary/aromatic N) is 5. The van der Waals surface area contributed by atoms with Gasteiger partial charge in [-0.1, -0.05) is 30.3 Å². The van der Waals surface area contributed by atoms with Crippen LogP contribution in [0.4, 0.5) is 5.69 Å². The molecule has 0 aliphatic carbocycles. The van der Waals surface area contributed by atoms with Gasteiger partial charge in [0, 0.05) is 16.9 Å². The minimum absolute atomic E-state index is 0.0480. The predicted molar refractivity (Wildman–Crippen MR) is 129 cm³/mol. The summed E-state index contributed by atoms with van der Waals surface area (Å²) in [7, 11) is 0. The van der Waals surface area contributed by atoms with Crippen LogP contribution < -0.4 is 10.1 Å². The van der Waals surface area contributed by atoms with Gasteiger partial charge < -0.3 is 15.0 Å². The van der Waals surface area contributed by atoms with E-state index in [0.29, 0.717) is 11.4 Å². The molecule has 190 valence electrons. The van der Waals surface area contributed by atoms with E-state index in [0.717, 1.165) is 0 Å². The molecule has 5 rings (SSSR count). The summed E-state index contributed by atoms with van der Waals surface area (Å²) < 4.78 is 4.95. The second kappa shape index (κ2) is 9.28. The van der Waals surface area contributed by atoms with Crippen molar-refractivity contribution in [2.24, 2.45) is 0 Å². The summed E-state index contributed by atoms with van der Waals surface area (Å²) in [6.45, 7) is 3.92.